The van der Waals surface area contributed by atoms with Crippen LogP contribution in [0.5, 0.6) is 46.0 Å². The third-order valence-corrected chi connectivity index (χ3v) is 18.0. The van der Waals surface area contributed by atoms with Crippen molar-refractivity contribution in [1.29, 1.82) is 0 Å². The summed E-state index contributed by atoms with van der Waals surface area (Å²) in [5, 5.41) is 131. The third-order valence-electron chi connectivity index (χ3n) is 17.7. The Kier molecular flexibility index (Phi) is 21.8. The van der Waals surface area contributed by atoms with Crippen molar-refractivity contribution in [2.24, 2.45) is 17.4 Å². The van der Waals surface area contributed by atoms with E-state index in [1.165, 1.54) is 45.2 Å². The van der Waals surface area contributed by atoms with Crippen LogP contribution in [0.3, 0.4) is 0 Å². The lowest BCUT2D eigenvalue weighted by Crippen LogP contribution is -2.64. The molecule has 7 aliphatic rings. The molecular weight excluding hydrogens is 1340 g/mol. The number of primary amides is 1. The van der Waals surface area contributed by atoms with Crippen molar-refractivity contribution in [3.05, 3.63) is 118 Å². The molecule has 7 amide bonds. The molecule has 7 heterocycles. The van der Waals surface area contributed by atoms with Crippen LogP contribution in [0.25, 0.3) is 11.1 Å². The lowest BCUT2D eigenvalue weighted by Gasteiger charge is -2.47. The molecule has 5 aromatic carbocycles. The van der Waals surface area contributed by atoms with Gasteiger partial charge in [0.05, 0.1) is 36.3 Å². The molecule has 0 aliphatic carbocycles. The first-order valence-corrected chi connectivity index (χ1v) is 31.9. The number of aliphatic hydroxyl groups excluding tert-OH is 6. The van der Waals surface area contributed by atoms with Gasteiger partial charge in [0.1, 0.15) is 89.5 Å². The van der Waals surface area contributed by atoms with E-state index in [9.17, 15) is 75.0 Å². The highest BCUT2D eigenvalue weighted by molar-refractivity contribution is 6.32. The highest BCUT2D eigenvalue weighted by atomic mass is 35.5. The maximum atomic E-state index is 16.0. The zero-order valence-corrected chi connectivity index (χ0v) is 54.8. The minimum Gasteiger partial charge on any atom is -0.508 e. The third kappa shape index (κ3) is 15.4. The van der Waals surface area contributed by atoms with E-state index in [0.29, 0.717) is 0 Å². The number of benzene rings is 5. The van der Waals surface area contributed by atoms with Gasteiger partial charge in [-0.15, -0.1) is 0 Å². The summed E-state index contributed by atoms with van der Waals surface area (Å²) in [6.45, 7) is 5.72. The number of ether oxygens (including phenoxy) is 6. The van der Waals surface area contributed by atoms with Crippen LogP contribution in [0.2, 0.25) is 5.02 Å². The Labute approximate surface area is 574 Å². The minimum absolute atomic E-state index is 0.0465. The largest absolute Gasteiger partial charge is 0.508 e. The number of aliphatic hydroxyl groups is 6. The fourth-order valence-corrected chi connectivity index (χ4v) is 12.7. The molecule has 12 rings (SSSR count). The molecular formula is C66H76ClN9O24. The number of halogens is 1. The summed E-state index contributed by atoms with van der Waals surface area (Å²) in [6, 6.07) is 1.27. The van der Waals surface area contributed by atoms with Crippen LogP contribution >= 0.6 is 11.6 Å². The number of carboxylic acids is 1. The average Bonchev–Trinajstić information content (AvgIpc) is 0.769. The van der Waals surface area contributed by atoms with Gasteiger partial charge in [-0.3, -0.25) is 33.6 Å². The molecule has 0 spiro atoms. The van der Waals surface area contributed by atoms with Crippen molar-refractivity contribution < 1.29 is 118 Å². The maximum Gasteiger partial charge on any atom is 0.330 e. The minimum atomic E-state index is -2.31. The first-order valence-electron chi connectivity index (χ1n) is 31.5. The molecule has 536 valence electrons. The highest BCUT2D eigenvalue weighted by Gasteiger charge is 2.51. The fourth-order valence-electron chi connectivity index (χ4n) is 12.5. The number of aromatic hydroxyl groups is 3. The molecule has 0 aromatic heterocycles. The molecule has 0 saturated carbocycles. The van der Waals surface area contributed by atoms with Gasteiger partial charge in [-0.2, -0.15) is 0 Å². The number of carbonyl (C=O) groups is 8. The number of phenols is 3. The molecule has 2 saturated heterocycles. The van der Waals surface area contributed by atoms with Gasteiger partial charge in [0.25, 0.3) is 0 Å². The molecule has 11 bridgehead atoms. The van der Waals surface area contributed by atoms with Crippen molar-refractivity contribution >= 4 is 58.9 Å². The molecule has 18 atom stereocenters. The summed E-state index contributed by atoms with van der Waals surface area (Å²) in [6.07, 6.45) is -18.2. The predicted octanol–water partition coefficient (Wildman–Crippen LogP) is -0.547. The number of aliphatic carboxylic acids is 1. The van der Waals surface area contributed by atoms with Crippen LogP contribution in [-0.2, 0) is 52.6 Å². The van der Waals surface area contributed by atoms with E-state index in [-0.39, 0.29) is 46.9 Å². The fraction of sp³-hybridized carbons (Fsp3) is 0.424. The van der Waals surface area contributed by atoms with Gasteiger partial charge in [-0.05, 0) is 110 Å². The monoisotopic (exact) mass is 1410 g/mol. The second kappa shape index (κ2) is 29.8. The second-order valence-electron chi connectivity index (χ2n) is 25.6. The van der Waals surface area contributed by atoms with Gasteiger partial charge in [0.15, 0.2) is 29.9 Å². The molecule has 34 heteroatoms. The lowest BCUT2D eigenvalue weighted by atomic mass is 9.86. The molecule has 0 unspecified atom stereocenters. The van der Waals surface area contributed by atoms with Crippen LogP contribution in [-0.4, -0.2) is 191 Å². The van der Waals surface area contributed by atoms with E-state index < -0.39 is 231 Å². The maximum absolute atomic E-state index is 16.0. The number of likely N-dealkylation sites (N-methyl/N-ethyl adjacent to an activating group) is 1. The van der Waals surface area contributed by atoms with Gasteiger partial charge in [0.2, 0.25) is 53.4 Å². The Morgan fingerprint density at radius 3 is 2.02 bits per heavy atom. The van der Waals surface area contributed by atoms with Gasteiger partial charge in [-0.25, -0.2) is 4.79 Å². The molecule has 21 N–H and O–H groups in total. The summed E-state index contributed by atoms with van der Waals surface area (Å²) < 4.78 is 38.3. The number of rotatable bonds is 13. The van der Waals surface area contributed by atoms with Crippen LogP contribution in [0.4, 0.5) is 0 Å². The summed E-state index contributed by atoms with van der Waals surface area (Å²) in [7, 11) is 1.49. The standard InChI is InChI=1S/C66H76ClN9O24/c1-24(2)14-35(70-5)58(87)75-49-51(82)26-6-10-31(11-7-26)96-40-17-29-18-41(55(40)100-65-56(54(85)53(84)42(23-77)98-65)99-44-22-66(4,69)57(86)25(3)95-44)97-39-13-9-28(16-34(39)67)52(83)50-63(92)74-48(64(93)94)33-19-30(78)20-38(80)45(33)32-15-27(8-12-37(32)79)46(60(89)76-50)73-61(90)47(29)72-59(88)36(21-43(68)81)71-62(49)91/h6-13,15-20,24-25,35-36,42,44,46-54,56-57,65,70,77-80,82-86H,14,21-23,69H2,1-5H3,(H2,68,81)(H,71,91)(H,72,88)(H,73,90)(H,74,92)(H,75,87)(H,76,89)(H,93,94)/t25-,35+,36-,42+,44-,46+,47+,48+,49+,50-,51+,52+,53+,54-,56+,57+,65-,66-/m1/s1. The van der Waals surface area contributed by atoms with Crippen LogP contribution < -0.4 is 62.9 Å². The van der Waals surface area contributed by atoms with Gasteiger partial charge in [0, 0.05) is 34.7 Å². The van der Waals surface area contributed by atoms with E-state index in [4.69, 9.17) is 51.5 Å². The van der Waals surface area contributed by atoms with E-state index in [2.05, 4.69) is 37.2 Å². The van der Waals surface area contributed by atoms with E-state index in [1.54, 1.807) is 0 Å². The Morgan fingerprint density at radius 2 is 1.38 bits per heavy atom. The van der Waals surface area contributed by atoms with Crippen molar-refractivity contribution in [1.82, 2.24) is 37.2 Å². The Hall–Kier alpha value is -9.49. The van der Waals surface area contributed by atoms with E-state index >= 15 is 14.4 Å². The van der Waals surface area contributed by atoms with Crippen LogP contribution in [0, 0.1) is 5.92 Å². The normalized spacial score (nSPS) is 29.6. The number of amides is 7. The SMILES string of the molecule is CN[C@@H](CC(C)C)C(=O)N[C@@H]1C(=O)N[C@H](CC(N)=O)C(=O)N[C@@H]2C(=O)N[C@@H]3C(=O)N[C@@H](C(=O)N[C@H](C(=O)O)c4cc(O)cc(O)c4-c4cc3ccc4O)[C@@H](O)c3ccc(c(Cl)c3)Oc3cc2cc(c3O[C@H]2O[C@@H](CO)[C@H](O)[C@@H](O)[C@@H]2O[C@@H]2C[C@@](C)(N)[C@@H](O)[C@@H](C)O2)Oc2ccc(cc2)[C@@H]1O. The van der Waals surface area contributed by atoms with Gasteiger partial charge < -0.3 is 128 Å². The van der Waals surface area contributed by atoms with Crippen molar-refractivity contribution in [2.45, 2.75) is 156 Å². The summed E-state index contributed by atoms with van der Waals surface area (Å²) in [5.74, 6) is -15.4. The van der Waals surface area contributed by atoms with Gasteiger partial charge >= 0.3 is 5.97 Å². The van der Waals surface area contributed by atoms with Crippen LogP contribution in [0.1, 0.15) is 105 Å². The number of carbonyl (C=O) groups excluding carboxylic acids is 7. The zero-order valence-electron chi connectivity index (χ0n) is 54.0. The zero-order chi connectivity index (χ0) is 72.7. The average molecular weight is 1410 g/mol. The lowest BCUT2D eigenvalue weighted by molar-refractivity contribution is -0.333. The number of hydrogen-bond donors (Lipinski definition) is 19. The number of carboxylic acid groups (broad SMARTS) is 1. The quantitative estimate of drug-likeness (QED) is 0.0703. The second-order valence-corrected chi connectivity index (χ2v) is 26.0. The smallest absolute Gasteiger partial charge is 0.330 e. The first kappa shape index (κ1) is 73.2. The summed E-state index contributed by atoms with van der Waals surface area (Å²) in [4.78, 5) is 117. The molecule has 7 aliphatic heterocycles. The topological polar surface area (TPSA) is 530 Å². The van der Waals surface area contributed by atoms with Crippen molar-refractivity contribution in [3.8, 4) is 57.1 Å². The molecule has 0 radical (unpaired) electrons. The summed E-state index contributed by atoms with van der Waals surface area (Å²) >= 11 is 7.04. The Morgan fingerprint density at radius 1 is 0.730 bits per heavy atom. The number of nitrogens with one attached hydrogen (secondary N) is 7. The van der Waals surface area contributed by atoms with E-state index in [0.717, 1.165) is 60.7 Å². The van der Waals surface area contributed by atoms with Gasteiger partial charge in [-0.1, -0.05) is 49.7 Å². The number of fused-ring (bicyclic) bond motifs is 15. The Bertz CT molecular complexity index is 4000. The molecule has 100 heavy (non-hydrogen) atoms. The predicted molar refractivity (Wildman–Crippen MR) is 344 cm³/mol. The molecule has 2 fully saturated rings. The number of hydrogen-bond acceptors (Lipinski definition) is 25. The highest BCUT2D eigenvalue weighted by Crippen LogP contribution is 2.49. The van der Waals surface area contributed by atoms with Crippen molar-refractivity contribution in [2.75, 3.05) is 13.7 Å². The van der Waals surface area contributed by atoms with E-state index in [1.807, 2.05) is 13.8 Å². The molecule has 5 aromatic rings. The Balaban J connectivity index is 1.23. The van der Waals surface area contributed by atoms with Crippen LogP contribution in [0.15, 0.2) is 84.9 Å². The summed E-state index contributed by atoms with van der Waals surface area (Å²) in [5.41, 5.74) is 8.23. The first-order chi connectivity index (χ1) is 47.2. The number of phenolic OH excluding ortho intramolecular Hbond substituents is 3. The number of nitrogens with two attached hydrogens (primary N) is 2. The molecule has 33 nitrogen and oxygen atoms in total. The van der Waals surface area contributed by atoms with Crippen molar-refractivity contribution in [3.63, 3.8) is 0 Å².